The molecule has 0 bridgehead atoms. The number of hydrogen-bond acceptors (Lipinski definition) is 7. The first-order chi connectivity index (χ1) is 15.8. The SMILES string of the molecule is Cc1ccccc1-c1nnn(-c2nc(C[NH+]3CCOCC3)nc3sc4c(c23)CCCC4)n1. The third kappa shape index (κ3) is 3.60. The summed E-state index contributed by atoms with van der Waals surface area (Å²) in [4.78, 5) is 15.6. The normalized spacial score (nSPS) is 17.0. The molecule has 1 aromatic carbocycles. The van der Waals surface area contributed by atoms with Gasteiger partial charge in [0.05, 0.1) is 18.6 Å². The number of quaternary nitrogens is 1. The van der Waals surface area contributed by atoms with E-state index in [1.54, 1.807) is 4.80 Å². The van der Waals surface area contributed by atoms with E-state index >= 15 is 0 Å². The summed E-state index contributed by atoms with van der Waals surface area (Å²) in [5, 5.41) is 14.7. The number of morpholine rings is 1. The Morgan fingerprint density at radius 2 is 1.94 bits per heavy atom. The molecule has 8 nitrogen and oxygen atoms in total. The quantitative estimate of drug-likeness (QED) is 0.514. The topological polar surface area (TPSA) is 83.0 Å². The van der Waals surface area contributed by atoms with Crippen molar-refractivity contribution < 1.29 is 9.64 Å². The molecule has 6 rings (SSSR count). The summed E-state index contributed by atoms with van der Waals surface area (Å²) >= 11 is 1.82. The smallest absolute Gasteiger partial charge is 0.205 e. The average molecular weight is 449 g/mol. The van der Waals surface area contributed by atoms with E-state index in [0.717, 1.165) is 78.7 Å². The molecule has 9 heteroatoms. The molecule has 1 aliphatic heterocycles. The number of nitrogens with one attached hydrogen (secondary N) is 1. The Kier molecular flexibility index (Phi) is 5.17. The van der Waals surface area contributed by atoms with E-state index < -0.39 is 0 Å². The molecule has 2 aliphatic rings. The number of benzene rings is 1. The fourth-order valence-electron chi connectivity index (χ4n) is 4.70. The van der Waals surface area contributed by atoms with E-state index in [0.29, 0.717) is 5.82 Å². The van der Waals surface area contributed by atoms with Crippen molar-refractivity contribution in [2.24, 2.45) is 0 Å². The fourth-order valence-corrected chi connectivity index (χ4v) is 5.98. The number of tetrazole rings is 1. The summed E-state index contributed by atoms with van der Waals surface area (Å²) in [7, 11) is 0. The highest BCUT2D eigenvalue weighted by atomic mass is 32.1. The van der Waals surface area contributed by atoms with Crippen molar-refractivity contribution in [1.82, 2.24) is 30.2 Å². The minimum atomic E-state index is 0.624. The van der Waals surface area contributed by atoms with Crippen molar-refractivity contribution >= 4 is 21.6 Å². The second kappa shape index (κ2) is 8.31. The zero-order chi connectivity index (χ0) is 21.5. The highest BCUT2D eigenvalue weighted by Crippen LogP contribution is 2.37. The molecule has 1 fully saturated rings. The van der Waals surface area contributed by atoms with Gasteiger partial charge in [0.25, 0.3) is 0 Å². The molecule has 1 saturated heterocycles. The van der Waals surface area contributed by atoms with Crippen LogP contribution >= 0.6 is 11.3 Å². The molecule has 1 aliphatic carbocycles. The van der Waals surface area contributed by atoms with E-state index in [2.05, 4.69) is 23.3 Å². The molecule has 0 radical (unpaired) electrons. The maximum Gasteiger partial charge on any atom is 0.205 e. The van der Waals surface area contributed by atoms with E-state index in [4.69, 9.17) is 19.8 Å². The highest BCUT2D eigenvalue weighted by Gasteiger charge is 2.25. The number of hydrogen-bond donors (Lipinski definition) is 1. The predicted octanol–water partition coefficient (Wildman–Crippen LogP) is 1.94. The Balaban J connectivity index is 1.47. The molecule has 164 valence electrons. The number of fused-ring (bicyclic) bond motifs is 3. The van der Waals surface area contributed by atoms with Gasteiger partial charge in [0.1, 0.15) is 24.5 Å². The lowest BCUT2D eigenvalue weighted by Crippen LogP contribution is -3.12. The molecule has 0 atom stereocenters. The molecule has 0 saturated carbocycles. The Hall–Kier alpha value is -2.75. The fraction of sp³-hybridized carbons (Fsp3) is 0.435. The lowest BCUT2D eigenvalue weighted by atomic mass is 9.97. The molecule has 1 N–H and O–H groups in total. The van der Waals surface area contributed by atoms with Crippen LogP contribution in [0.25, 0.3) is 27.4 Å². The van der Waals surface area contributed by atoms with Gasteiger partial charge in [-0.15, -0.1) is 26.3 Å². The Labute approximate surface area is 190 Å². The first kappa shape index (κ1) is 19.9. The Morgan fingerprint density at radius 3 is 2.81 bits per heavy atom. The van der Waals surface area contributed by atoms with Gasteiger partial charge in [0.2, 0.25) is 5.82 Å². The second-order valence-electron chi connectivity index (χ2n) is 8.61. The third-order valence-electron chi connectivity index (χ3n) is 6.44. The average Bonchev–Trinajstić information content (AvgIpc) is 3.44. The van der Waals surface area contributed by atoms with Crippen LogP contribution in [0.15, 0.2) is 24.3 Å². The molecular weight excluding hydrogens is 422 g/mol. The molecule has 0 unspecified atom stereocenters. The number of ether oxygens (including phenoxy) is 1. The summed E-state index contributed by atoms with van der Waals surface area (Å²) in [5.74, 6) is 2.24. The minimum absolute atomic E-state index is 0.624. The molecule has 4 aromatic rings. The molecule has 4 heterocycles. The van der Waals surface area contributed by atoms with Gasteiger partial charge in [-0.1, -0.05) is 24.3 Å². The van der Waals surface area contributed by atoms with Gasteiger partial charge in [-0.3, -0.25) is 0 Å². The van der Waals surface area contributed by atoms with Crippen LogP contribution < -0.4 is 4.90 Å². The first-order valence-electron chi connectivity index (χ1n) is 11.3. The van der Waals surface area contributed by atoms with Gasteiger partial charge >= 0.3 is 0 Å². The zero-order valence-corrected chi connectivity index (χ0v) is 19.0. The van der Waals surface area contributed by atoms with Crippen LogP contribution in [-0.2, 0) is 24.1 Å². The van der Waals surface area contributed by atoms with Crippen molar-refractivity contribution in [1.29, 1.82) is 0 Å². The van der Waals surface area contributed by atoms with E-state index in [1.165, 1.54) is 28.2 Å². The summed E-state index contributed by atoms with van der Waals surface area (Å²) in [5.41, 5.74) is 3.50. The van der Waals surface area contributed by atoms with Crippen molar-refractivity contribution in [2.45, 2.75) is 39.2 Å². The maximum atomic E-state index is 5.52. The largest absolute Gasteiger partial charge is 0.370 e. The summed E-state index contributed by atoms with van der Waals surface area (Å²) in [6, 6.07) is 8.13. The lowest BCUT2D eigenvalue weighted by molar-refractivity contribution is -0.922. The third-order valence-corrected chi connectivity index (χ3v) is 7.62. The van der Waals surface area contributed by atoms with Gasteiger partial charge in [-0.25, -0.2) is 9.97 Å². The van der Waals surface area contributed by atoms with E-state index in [-0.39, 0.29) is 0 Å². The Morgan fingerprint density at radius 1 is 1.09 bits per heavy atom. The molecule has 32 heavy (non-hydrogen) atoms. The van der Waals surface area contributed by atoms with Gasteiger partial charge in [-0.2, -0.15) is 0 Å². The van der Waals surface area contributed by atoms with Crippen molar-refractivity contribution in [3.63, 3.8) is 0 Å². The predicted molar refractivity (Wildman–Crippen MR) is 122 cm³/mol. The number of aromatic nitrogens is 6. The van der Waals surface area contributed by atoms with E-state index in [1.807, 2.05) is 29.5 Å². The standard InChI is InChI=1S/C23H25N7OS/c1-15-6-2-3-7-16(15)21-26-28-30(27-21)22-20-17-8-4-5-9-18(17)32-23(20)25-19(24-22)14-29-10-12-31-13-11-29/h2-3,6-7H,4-5,8-14H2,1H3/p+1. The lowest BCUT2D eigenvalue weighted by Gasteiger charge is -2.23. The summed E-state index contributed by atoms with van der Waals surface area (Å²) in [6.07, 6.45) is 4.64. The second-order valence-corrected chi connectivity index (χ2v) is 9.69. The van der Waals surface area contributed by atoms with Gasteiger partial charge in [0, 0.05) is 10.4 Å². The monoisotopic (exact) mass is 448 g/mol. The van der Waals surface area contributed by atoms with Crippen LogP contribution in [0.3, 0.4) is 0 Å². The maximum absolute atomic E-state index is 5.52. The van der Waals surface area contributed by atoms with Gasteiger partial charge < -0.3 is 9.64 Å². The Bertz CT molecular complexity index is 1270. The summed E-state index contributed by atoms with van der Waals surface area (Å²) in [6.45, 7) is 6.41. The molecule has 3 aromatic heterocycles. The van der Waals surface area contributed by atoms with E-state index in [9.17, 15) is 0 Å². The highest BCUT2D eigenvalue weighted by molar-refractivity contribution is 7.18. The number of rotatable bonds is 4. The van der Waals surface area contributed by atoms with Crippen LogP contribution in [0.1, 0.15) is 34.7 Å². The molecule has 0 spiro atoms. The first-order valence-corrected chi connectivity index (χ1v) is 12.2. The van der Waals surface area contributed by atoms with Crippen LogP contribution in [-0.4, -0.2) is 56.5 Å². The van der Waals surface area contributed by atoms with Crippen molar-refractivity contribution in [2.75, 3.05) is 26.3 Å². The molecule has 0 amide bonds. The van der Waals surface area contributed by atoms with Crippen molar-refractivity contribution in [3.05, 3.63) is 46.1 Å². The molecular formula is C23H26N7OS+. The van der Waals surface area contributed by atoms with Crippen LogP contribution in [0, 0.1) is 6.92 Å². The number of nitrogens with zero attached hydrogens (tertiary/aromatic N) is 6. The summed E-state index contributed by atoms with van der Waals surface area (Å²) < 4.78 is 5.52. The van der Waals surface area contributed by atoms with Crippen LogP contribution in [0.4, 0.5) is 0 Å². The number of thiophene rings is 1. The van der Waals surface area contributed by atoms with Crippen molar-refractivity contribution in [3.8, 4) is 17.2 Å². The van der Waals surface area contributed by atoms with Crippen LogP contribution in [0.2, 0.25) is 0 Å². The van der Waals surface area contributed by atoms with Gasteiger partial charge in [-0.05, 0) is 48.9 Å². The van der Waals surface area contributed by atoms with Crippen LogP contribution in [0.5, 0.6) is 0 Å². The zero-order valence-electron chi connectivity index (χ0n) is 18.2. The minimum Gasteiger partial charge on any atom is -0.370 e. The van der Waals surface area contributed by atoms with Gasteiger partial charge in [0.15, 0.2) is 11.6 Å². The number of aryl methyl sites for hydroxylation is 3.